The van der Waals surface area contributed by atoms with Crippen molar-refractivity contribution in [1.82, 2.24) is 10.2 Å². The average Bonchev–Trinajstić information content (AvgIpc) is 2.63. The van der Waals surface area contributed by atoms with E-state index in [9.17, 15) is 14.4 Å². The van der Waals surface area contributed by atoms with Crippen LogP contribution in [-0.2, 0) is 19.1 Å². The zero-order chi connectivity index (χ0) is 18.9. The van der Waals surface area contributed by atoms with Gasteiger partial charge >= 0.3 is 5.97 Å². The molecular formula is C17H22ClN3O5. The van der Waals surface area contributed by atoms with E-state index in [0.717, 1.165) is 13.1 Å². The average molecular weight is 384 g/mol. The van der Waals surface area contributed by atoms with Crippen LogP contribution in [0, 0.1) is 0 Å². The number of nitrogens with zero attached hydrogens (tertiary/aromatic N) is 1. The Kier molecular flexibility index (Phi) is 7.83. The molecule has 1 saturated heterocycles. The molecule has 0 atom stereocenters. The van der Waals surface area contributed by atoms with Crippen LogP contribution >= 0.6 is 11.6 Å². The van der Waals surface area contributed by atoms with Crippen molar-refractivity contribution in [3.63, 3.8) is 0 Å². The molecule has 0 aliphatic carbocycles. The summed E-state index contributed by atoms with van der Waals surface area (Å²) in [5.41, 5.74) is 0.503. The number of carbonyl (C=O) groups is 3. The molecule has 1 aromatic carbocycles. The summed E-state index contributed by atoms with van der Waals surface area (Å²) in [5.74, 6) is -1.44. The van der Waals surface area contributed by atoms with Gasteiger partial charge in [-0.15, -0.1) is 0 Å². The lowest BCUT2D eigenvalue weighted by molar-refractivity contribution is -0.126. The highest BCUT2D eigenvalue weighted by Gasteiger charge is 2.15. The minimum atomic E-state index is -0.543. The summed E-state index contributed by atoms with van der Waals surface area (Å²) in [6.45, 7) is 4.24. The molecule has 26 heavy (non-hydrogen) atoms. The SMILES string of the molecule is COC(=O)c1ccc(Cl)c(NC(=O)CC(=O)NCCN2CCOCC2)c1. The fraction of sp³-hybridized carbons (Fsp3) is 0.471. The first-order valence-corrected chi connectivity index (χ1v) is 8.62. The number of anilines is 1. The van der Waals surface area contributed by atoms with Gasteiger partial charge in [-0.25, -0.2) is 4.79 Å². The largest absolute Gasteiger partial charge is 0.465 e. The van der Waals surface area contributed by atoms with Gasteiger partial charge in [0.2, 0.25) is 11.8 Å². The van der Waals surface area contributed by atoms with Crippen molar-refractivity contribution >= 4 is 35.1 Å². The topological polar surface area (TPSA) is 97.0 Å². The fourth-order valence-corrected chi connectivity index (χ4v) is 2.61. The third-order valence-corrected chi connectivity index (χ3v) is 4.17. The lowest BCUT2D eigenvalue weighted by Gasteiger charge is -2.26. The maximum absolute atomic E-state index is 12.0. The number of carbonyl (C=O) groups excluding carboxylic acids is 3. The second-order valence-corrected chi connectivity index (χ2v) is 6.12. The van der Waals surface area contributed by atoms with E-state index in [0.29, 0.717) is 26.3 Å². The number of morpholine rings is 1. The van der Waals surface area contributed by atoms with E-state index < -0.39 is 11.9 Å². The van der Waals surface area contributed by atoms with Crippen molar-refractivity contribution in [2.75, 3.05) is 51.8 Å². The Morgan fingerprint density at radius 3 is 2.65 bits per heavy atom. The fourth-order valence-electron chi connectivity index (χ4n) is 2.45. The van der Waals surface area contributed by atoms with Crippen LogP contribution in [0.1, 0.15) is 16.8 Å². The van der Waals surface area contributed by atoms with E-state index in [1.165, 1.54) is 25.3 Å². The smallest absolute Gasteiger partial charge is 0.337 e. The maximum atomic E-state index is 12.0. The van der Waals surface area contributed by atoms with E-state index in [2.05, 4.69) is 20.3 Å². The van der Waals surface area contributed by atoms with Crippen molar-refractivity contribution in [3.05, 3.63) is 28.8 Å². The highest BCUT2D eigenvalue weighted by Crippen LogP contribution is 2.23. The highest BCUT2D eigenvalue weighted by atomic mass is 35.5. The number of benzene rings is 1. The quantitative estimate of drug-likeness (QED) is 0.536. The standard InChI is InChI=1S/C17H22ClN3O5/c1-25-17(24)12-2-3-13(18)14(10-12)20-16(23)11-15(22)19-4-5-21-6-8-26-9-7-21/h2-3,10H,4-9,11H2,1H3,(H,19,22)(H,20,23). The van der Waals surface area contributed by atoms with Crippen LogP contribution in [0.15, 0.2) is 18.2 Å². The molecule has 1 heterocycles. The van der Waals surface area contributed by atoms with Crippen molar-refractivity contribution in [3.8, 4) is 0 Å². The first-order valence-electron chi connectivity index (χ1n) is 8.24. The van der Waals surface area contributed by atoms with Crippen LogP contribution in [0.3, 0.4) is 0 Å². The van der Waals surface area contributed by atoms with Crippen LogP contribution in [0.5, 0.6) is 0 Å². The highest BCUT2D eigenvalue weighted by molar-refractivity contribution is 6.34. The molecule has 0 unspecified atom stereocenters. The summed E-state index contributed by atoms with van der Waals surface area (Å²) >= 11 is 6.01. The summed E-state index contributed by atoms with van der Waals surface area (Å²) in [6, 6.07) is 4.37. The van der Waals surface area contributed by atoms with E-state index >= 15 is 0 Å². The van der Waals surface area contributed by atoms with Gasteiger partial charge in [0.1, 0.15) is 6.42 Å². The third-order valence-electron chi connectivity index (χ3n) is 3.84. The number of rotatable bonds is 7. The molecule has 9 heteroatoms. The second-order valence-electron chi connectivity index (χ2n) is 5.72. The molecule has 0 aromatic heterocycles. The van der Waals surface area contributed by atoms with Crippen LogP contribution in [0.4, 0.5) is 5.69 Å². The van der Waals surface area contributed by atoms with Crippen LogP contribution < -0.4 is 10.6 Å². The summed E-state index contributed by atoms with van der Waals surface area (Å²) in [6.07, 6.45) is -0.331. The van der Waals surface area contributed by atoms with Gasteiger partial charge in [0.25, 0.3) is 0 Å². The number of hydrogen-bond acceptors (Lipinski definition) is 6. The Balaban J connectivity index is 1.78. The molecule has 0 spiro atoms. The van der Waals surface area contributed by atoms with Crippen molar-refractivity contribution < 1.29 is 23.9 Å². The minimum absolute atomic E-state index is 0.251. The molecule has 2 N–H and O–H groups in total. The summed E-state index contributed by atoms with van der Waals surface area (Å²) < 4.78 is 9.88. The number of amides is 2. The Morgan fingerprint density at radius 2 is 1.96 bits per heavy atom. The van der Waals surface area contributed by atoms with Gasteiger partial charge in [-0.1, -0.05) is 11.6 Å². The Morgan fingerprint density at radius 1 is 1.23 bits per heavy atom. The maximum Gasteiger partial charge on any atom is 0.337 e. The predicted molar refractivity (Wildman–Crippen MR) is 96.3 cm³/mol. The van der Waals surface area contributed by atoms with E-state index in [-0.39, 0.29) is 28.6 Å². The molecule has 1 aliphatic rings. The van der Waals surface area contributed by atoms with E-state index in [1.807, 2.05) is 0 Å². The molecule has 2 rings (SSSR count). The van der Waals surface area contributed by atoms with E-state index in [1.54, 1.807) is 0 Å². The number of nitrogens with one attached hydrogen (secondary N) is 2. The van der Waals surface area contributed by atoms with Crippen molar-refractivity contribution in [2.45, 2.75) is 6.42 Å². The number of esters is 1. The minimum Gasteiger partial charge on any atom is -0.465 e. The van der Waals surface area contributed by atoms with Crippen LogP contribution in [0.25, 0.3) is 0 Å². The molecule has 0 bridgehead atoms. The molecule has 2 amide bonds. The summed E-state index contributed by atoms with van der Waals surface area (Å²) in [4.78, 5) is 37.6. The number of halogens is 1. The van der Waals surface area contributed by atoms with E-state index in [4.69, 9.17) is 16.3 Å². The second kappa shape index (κ2) is 10.1. The Hall–Kier alpha value is -2.16. The van der Waals surface area contributed by atoms with Crippen molar-refractivity contribution in [2.24, 2.45) is 0 Å². The van der Waals surface area contributed by atoms with Crippen molar-refractivity contribution in [1.29, 1.82) is 0 Å². The van der Waals surface area contributed by atoms with Gasteiger partial charge in [-0.2, -0.15) is 0 Å². The molecule has 1 aliphatic heterocycles. The normalized spacial score (nSPS) is 14.5. The van der Waals surface area contributed by atoms with Gasteiger partial charge in [-0.3, -0.25) is 14.5 Å². The molecule has 142 valence electrons. The molecular weight excluding hydrogens is 362 g/mol. The first kappa shape index (κ1) is 20.2. The molecule has 0 radical (unpaired) electrons. The van der Waals surface area contributed by atoms with Gasteiger partial charge in [-0.05, 0) is 18.2 Å². The molecule has 0 saturated carbocycles. The van der Waals surface area contributed by atoms with Gasteiger partial charge in [0, 0.05) is 26.2 Å². The predicted octanol–water partition coefficient (Wildman–Crippen LogP) is 0.904. The Labute approximate surface area is 156 Å². The molecule has 8 nitrogen and oxygen atoms in total. The lowest BCUT2D eigenvalue weighted by atomic mass is 10.2. The third kappa shape index (κ3) is 6.29. The zero-order valence-corrected chi connectivity index (χ0v) is 15.3. The summed E-state index contributed by atoms with van der Waals surface area (Å²) in [5, 5.41) is 5.51. The Bertz CT molecular complexity index is 662. The molecule has 1 fully saturated rings. The summed E-state index contributed by atoms with van der Waals surface area (Å²) in [7, 11) is 1.26. The molecule has 1 aromatic rings. The van der Waals surface area contributed by atoms with Gasteiger partial charge in [0.05, 0.1) is 36.6 Å². The van der Waals surface area contributed by atoms with Crippen LogP contribution in [-0.4, -0.2) is 69.2 Å². The van der Waals surface area contributed by atoms with Gasteiger partial charge < -0.3 is 20.1 Å². The first-order chi connectivity index (χ1) is 12.5. The lowest BCUT2D eigenvalue weighted by Crippen LogP contribution is -2.41. The zero-order valence-electron chi connectivity index (χ0n) is 14.5. The van der Waals surface area contributed by atoms with Crippen LogP contribution in [0.2, 0.25) is 5.02 Å². The number of methoxy groups -OCH3 is 1. The number of hydrogen-bond donors (Lipinski definition) is 2. The number of ether oxygens (including phenoxy) is 2. The monoisotopic (exact) mass is 383 g/mol. The van der Waals surface area contributed by atoms with Gasteiger partial charge in [0.15, 0.2) is 0 Å².